The van der Waals surface area contributed by atoms with Crippen molar-refractivity contribution in [1.82, 2.24) is 19.6 Å². The van der Waals surface area contributed by atoms with E-state index in [9.17, 15) is 4.79 Å². The highest BCUT2D eigenvalue weighted by molar-refractivity contribution is 6.31. The SMILES string of the molecule is Cc1c(Cl)cccc1NCc1[nH]c2ncnn2c(=O)c1Cl. The van der Waals surface area contributed by atoms with E-state index in [4.69, 9.17) is 23.2 Å². The van der Waals surface area contributed by atoms with Crippen molar-refractivity contribution >= 4 is 34.7 Å². The third-order valence-corrected chi connectivity index (χ3v) is 3.98. The lowest BCUT2D eigenvalue weighted by Crippen LogP contribution is -2.19. The minimum absolute atomic E-state index is 0.0835. The smallest absolute Gasteiger partial charge is 0.294 e. The van der Waals surface area contributed by atoms with Crippen LogP contribution in [0.25, 0.3) is 5.78 Å². The summed E-state index contributed by atoms with van der Waals surface area (Å²) in [6.45, 7) is 2.26. The molecule has 3 rings (SSSR count). The van der Waals surface area contributed by atoms with Crippen LogP contribution in [0.1, 0.15) is 11.3 Å². The summed E-state index contributed by atoms with van der Waals surface area (Å²) in [6, 6.07) is 5.58. The monoisotopic (exact) mass is 323 g/mol. The molecule has 0 aliphatic carbocycles. The van der Waals surface area contributed by atoms with Crippen molar-refractivity contribution in [2.24, 2.45) is 0 Å². The molecule has 0 unspecified atom stereocenters. The molecule has 0 aliphatic heterocycles. The quantitative estimate of drug-likeness (QED) is 0.777. The van der Waals surface area contributed by atoms with Crippen molar-refractivity contribution < 1.29 is 0 Å². The summed E-state index contributed by atoms with van der Waals surface area (Å²) in [5.74, 6) is 0.351. The average Bonchev–Trinajstić information content (AvgIpc) is 2.94. The predicted molar refractivity (Wildman–Crippen MR) is 82.1 cm³/mol. The lowest BCUT2D eigenvalue weighted by atomic mass is 10.2. The van der Waals surface area contributed by atoms with Crippen molar-refractivity contribution in [2.45, 2.75) is 13.5 Å². The molecule has 2 aromatic heterocycles. The number of fused-ring (bicyclic) bond motifs is 1. The summed E-state index contributed by atoms with van der Waals surface area (Å²) in [7, 11) is 0. The molecule has 108 valence electrons. The number of aromatic amines is 1. The summed E-state index contributed by atoms with van der Waals surface area (Å²) < 4.78 is 1.12. The van der Waals surface area contributed by atoms with Crippen LogP contribution in [0.2, 0.25) is 10.0 Å². The van der Waals surface area contributed by atoms with E-state index in [2.05, 4.69) is 20.4 Å². The molecule has 21 heavy (non-hydrogen) atoms. The number of nitrogens with one attached hydrogen (secondary N) is 2. The molecule has 0 bridgehead atoms. The van der Waals surface area contributed by atoms with E-state index in [1.165, 1.54) is 6.33 Å². The molecule has 0 aliphatic rings. The number of H-pyrrole nitrogens is 1. The minimum Gasteiger partial charge on any atom is -0.379 e. The highest BCUT2D eigenvalue weighted by atomic mass is 35.5. The molecule has 2 heterocycles. The predicted octanol–water partition coefficient (Wildman–Crippen LogP) is 2.64. The number of anilines is 1. The summed E-state index contributed by atoms with van der Waals surface area (Å²) in [5.41, 5.74) is 1.95. The van der Waals surface area contributed by atoms with Crippen LogP contribution >= 0.6 is 23.2 Å². The van der Waals surface area contributed by atoms with Crippen LogP contribution in [-0.4, -0.2) is 19.6 Å². The Morgan fingerprint density at radius 1 is 1.38 bits per heavy atom. The second-order valence-electron chi connectivity index (χ2n) is 4.48. The Morgan fingerprint density at radius 3 is 3.00 bits per heavy atom. The van der Waals surface area contributed by atoms with Gasteiger partial charge in [0, 0.05) is 10.7 Å². The Hall–Kier alpha value is -2.05. The number of halogens is 2. The van der Waals surface area contributed by atoms with Gasteiger partial charge in [0.05, 0.1) is 12.2 Å². The first-order chi connectivity index (χ1) is 10.1. The number of benzene rings is 1. The van der Waals surface area contributed by atoms with Gasteiger partial charge in [0.2, 0.25) is 5.78 Å². The first-order valence-corrected chi connectivity index (χ1v) is 6.93. The van der Waals surface area contributed by atoms with Crippen molar-refractivity contribution in [3.8, 4) is 0 Å². The summed E-state index contributed by atoms with van der Waals surface area (Å²) in [4.78, 5) is 18.9. The van der Waals surface area contributed by atoms with E-state index in [0.717, 1.165) is 15.8 Å². The highest BCUT2D eigenvalue weighted by Crippen LogP contribution is 2.23. The van der Waals surface area contributed by atoms with E-state index in [1.807, 2.05) is 25.1 Å². The lowest BCUT2D eigenvalue weighted by Gasteiger charge is -2.11. The van der Waals surface area contributed by atoms with Gasteiger partial charge in [-0.1, -0.05) is 29.3 Å². The number of rotatable bonds is 3. The van der Waals surface area contributed by atoms with Crippen LogP contribution in [0.15, 0.2) is 29.3 Å². The molecule has 0 saturated heterocycles. The average molecular weight is 324 g/mol. The van der Waals surface area contributed by atoms with Crippen molar-refractivity contribution in [1.29, 1.82) is 0 Å². The van der Waals surface area contributed by atoms with Crippen molar-refractivity contribution in [3.63, 3.8) is 0 Å². The zero-order valence-corrected chi connectivity index (χ0v) is 12.5. The van der Waals surface area contributed by atoms with Gasteiger partial charge in [0.1, 0.15) is 11.3 Å². The van der Waals surface area contributed by atoms with Crippen LogP contribution in [0.3, 0.4) is 0 Å². The fourth-order valence-corrected chi connectivity index (χ4v) is 2.36. The second kappa shape index (κ2) is 5.38. The standard InChI is InChI=1S/C13H11Cl2N5O/c1-7-8(14)3-2-4-9(7)16-5-10-11(15)12(21)20-13(19-10)17-6-18-20/h2-4,6,16H,5H2,1H3,(H,17,18,19). The van der Waals surface area contributed by atoms with Crippen LogP contribution < -0.4 is 10.9 Å². The number of aromatic nitrogens is 4. The van der Waals surface area contributed by atoms with Gasteiger partial charge < -0.3 is 10.3 Å². The van der Waals surface area contributed by atoms with Gasteiger partial charge in [0.25, 0.3) is 5.56 Å². The third-order valence-electron chi connectivity index (χ3n) is 3.18. The number of hydrogen-bond donors (Lipinski definition) is 2. The van der Waals surface area contributed by atoms with E-state index < -0.39 is 5.56 Å². The van der Waals surface area contributed by atoms with Gasteiger partial charge in [-0.3, -0.25) is 4.79 Å². The van der Waals surface area contributed by atoms with Gasteiger partial charge in [-0.2, -0.15) is 14.6 Å². The molecule has 0 amide bonds. The Bertz CT molecular complexity index is 871. The van der Waals surface area contributed by atoms with Gasteiger partial charge >= 0.3 is 0 Å². The van der Waals surface area contributed by atoms with Crippen LogP contribution in [0.5, 0.6) is 0 Å². The Labute approximate surface area is 129 Å². The maximum absolute atomic E-state index is 12.0. The zero-order chi connectivity index (χ0) is 15.0. The van der Waals surface area contributed by atoms with Crippen LogP contribution in [0.4, 0.5) is 5.69 Å². The lowest BCUT2D eigenvalue weighted by molar-refractivity contribution is 0.877. The van der Waals surface area contributed by atoms with Gasteiger partial charge in [-0.15, -0.1) is 0 Å². The van der Waals surface area contributed by atoms with Crippen LogP contribution in [-0.2, 0) is 6.54 Å². The van der Waals surface area contributed by atoms with Gasteiger partial charge in [-0.05, 0) is 24.6 Å². The molecule has 0 fully saturated rings. The molecular weight excluding hydrogens is 313 g/mol. The molecule has 8 heteroatoms. The molecule has 0 spiro atoms. The maximum Gasteiger partial charge on any atom is 0.294 e. The molecule has 1 aromatic carbocycles. The Morgan fingerprint density at radius 2 is 2.19 bits per heavy atom. The summed E-state index contributed by atoms with van der Waals surface area (Å²) in [6.07, 6.45) is 1.29. The molecule has 6 nitrogen and oxygen atoms in total. The van der Waals surface area contributed by atoms with Gasteiger partial charge in [-0.25, -0.2) is 0 Å². The maximum atomic E-state index is 12.0. The summed E-state index contributed by atoms with van der Waals surface area (Å²) in [5, 5.41) is 7.76. The minimum atomic E-state index is -0.400. The molecule has 2 N–H and O–H groups in total. The summed E-state index contributed by atoms with van der Waals surface area (Å²) >= 11 is 12.1. The Kier molecular flexibility index (Phi) is 3.57. The van der Waals surface area contributed by atoms with Crippen LogP contribution in [0, 0.1) is 6.92 Å². The van der Waals surface area contributed by atoms with E-state index in [1.54, 1.807) is 0 Å². The first-order valence-electron chi connectivity index (χ1n) is 6.17. The molecule has 0 saturated carbocycles. The normalized spacial score (nSPS) is 11.0. The van der Waals surface area contributed by atoms with Crippen molar-refractivity contribution in [3.05, 3.63) is 56.2 Å². The Balaban J connectivity index is 1.93. The molecule has 0 atom stereocenters. The fraction of sp³-hybridized carbons (Fsp3) is 0.154. The number of hydrogen-bond acceptors (Lipinski definition) is 4. The highest BCUT2D eigenvalue weighted by Gasteiger charge is 2.11. The topological polar surface area (TPSA) is 75.1 Å². The number of nitrogens with zero attached hydrogens (tertiary/aromatic N) is 3. The first kappa shape index (κ1) is 13.9. The fourth-order valence-electron chi connectivity index (χ4n) is 1.99. The van der Waals surface area contributed by atoms with E-state index in [-0.39, 0.29) is 5.02 Å². The van der Waals surface area contributed by atoms with E-state index in [0.29, 0.717) is 23.0 Å². The largest absolute Gasteiger partial charge is 0.379 e. The van der Waals surface area contributed by atoms with Gasteiger partial charge in [0.15, 0.2) is 0 Å². The zero-order valence-electron chi connectivity index (χ0n) is 11.0. The second-order valence-corrected chi connectivity index (χ2v) is 5.27. The third kappa shape index (κ3) is 2.48. The van der Waals surface area contributed by atoms with Crippen molar-refractivity contribution in [2.75, 3.05) is 5.32 Å². The van der Waals surface area contributed by atoms with E-state index >= 15 is 0 Å². The molecular formula is C13H11Cl2N5O. The molecule has 0 radical (unpaired) electrons. The molecule has 3 aromatic rings.